The van der Waals surface area contributed by atoms with Crippen LogP contribution in [0.3, 0.4) is 0 Å². The van der Waals surface area contributed by atoms with Crippen LogP contribution in [0.1, 0.15) is 34.1 Å². The lowest BCUT2D eigenvalue weighted by atomic mass is 9.96. The fourth-order valence-electron chi connectivity index (χ4n) is 2.23. The molecule has 8 heteroatoms. The van der Waals surface area contributed by atoms with Gasteiger partial charge in [-0.05, 0) is 11.6 Å². The van der Waals surface area contributed by atoms with Crippen LogP contribution in [-0.2, 0) is 11.3 Å². The van der Waals surface area contributed by atoms with Gasteiger partial charge in [0.1, 0.15) is 4.88 Å². The van der Waals surface area contributed by atoms with E-state index in [0.717, 1.165) is 22.6 Å². The Hall–Kier alpha value is -2.61. The van der Waals surface area contributed by atoms with Crippen molar-refractivity contribution in [2.24, 2.45) is 5.41 Å². The van der Waals surface area contributed by atoms with Crippen molar-refractivity contribution in [3.8, 4) is 22.0 Å². The average Bonchev–Trinajstić information content (AvgIpc) is 3.22. The van der Waals surface area contributed by atoms with Crippen molar-refractivity contribution in [3.63, 3.8) is 0 Å². The van der Waals surface area contributed by atoms with E-state index in [4.69, 9.17) is 0 Å². The van der Waals surface area contributed by atoms with Crippen LogP contribution < -0.4 is 5.32 Å². The lowest BCUT2D eigenvalue weighted by Crippen LogP contribution is -2.27. The zero-order valence-corrected chi connectivity index (χ0v) is 16.2. The van der Waals surface area contributed by atoms with Crippen LogP contribution in [0.25, 0.3) is 22.0 Å². The molecule has 3 aromatic rings. The summed E-state index contributed by atoms with van der Waals surface area (Å²) in [5.41, 5.74) is 1.19. The van der Waals surface area contributed by atoms with Crippen LogP contribution in [0.15, 0.2) is 30.3 Å². The smallest absolute Gasteiger partial charge is 0.231 e. The molecule has 0 aliphatic rings. The monoisotopic (exact) mass is 370 g/mol. The second-order valence-corrected chi connectivity index (χ2v) is 7.97. The largest absolute Gasteiger partial charge is 0.301 e. The number of nitrogens with zero attached hydrogens (tertiary/aromatic N) is 5. The lowest BCUT2D eigenvalue weighted by Gasteiger charge is -2.15. The molecule has 1 amide bonds. The normalized spacial score (nSPS) is 11.5. The van der Waals surface area contributed by atoms with E-state index in [1.807, 2.05) is 51.1 Å². The molecule has 0 atom stereocenters. The predicted molar refractivity (Wildman–Crippen MR) is 103 cm³/mol. The molecule has 0 aliphatic carbocycles. The van der Waals surface area contributed by atoms with Gasteiger partial charge in [0.25, 0.3) is 0 Å². The number of nitrogens with one attached hydrogen (secondary N) is 1. The molecule has 2 heterocycles. The summed E-state index contributed by atoms with van der Waals surface area (Å²) in [4.78, 5) is 19.3. The van der Waals surface area contributed by atoms with E-state index in [9.17, 15) is 4.79 Å². The number of thiazole rings is 1. The van der Waals surface area contributed by atoms with Crippen molar-refractivity contribution >= 4 is 22.4 Å². The fourth-order valence-corrected chi connectivity index (χ4v) is 3.14. The summed E-state index contributed by atoms with van der Waals surface area (Å²) >= 11 is 1.36. The van der Waals surface area contributed by atoms with Crippen LogP contribution in [0.2, 0.25) is 0 Å². The molecule has 0 saturated heterocycles. The number of hydrogen-bond acceptors (Lipinski definition) is 6. The zero-order chi connectivity index (χ0) is 18.7. The minimum Gasteiger partial charge on any atom is -0.301 e. The van der Waals surface area contributed by atoms with Gasteiger partial charge in [-0.2, -0.15) is 4.80 Å². The molecule has 0 bridgehead atoms. The number of aromatic nitrogens is 5. The first-order chi connectivity index (χ1) is 12.4. The van der Waals surface area contributed by atoms with Crippen molar-refractivity contribution in [2.45, 2.75) is 40.7 Å². The highest BCUT2D eigenvalue weighted by molar-refractivity contribution is 7.19. The minimum absolute atomic E-state index is 0.0833. The fraction of sp³-hybridized carbons (Fsp3) is 0.389. The highest BCUT2D eigenvalue weighted by atomic mass is 32.1. The number of anilines is 1. The number of rotatable bonds is 5. The SMILES string of the molecule is CCCn1nnc(-c2sc(NC(=O)C(C)(C)C)nc2-c2ccccc2)n1. The third kappa shape index (κ3) is 3.96. The Bertz CT molecular complexity index is 894. The van der Waals surface area contributed by atoms with Gasteiger partial charge < -0.3 is 5.32 Å². The standard InChI is InChI=1S/C18H22N6OS/c1-5-11-24-22-15(21-23-24)14-13(12-9-7-6-8-10-12)19-17(26-14)20-16(25)18(2,3)4/h6-10H,5,11H2,1-4H3,(H,19,20,25). The summed E-state index contributed by atoms with van der Waals surface area (Å²) in [5, 5.41) is 16.1. The van der Waals surface area contributed by atoms with Crippen molar-refractivity contribution in [3.05, 3.63) is 30.3 Å². The molecule has 136 valence electrons. The number of carbonyl (C=O) groups excluding carboxylic acids is 1. The number of tetrazole rings is 1. The number of aryl methyl sites for hydroxylation is 1. The Kier molecular flexibility index (Phi) is 5.13. The first-order valence-corrected chi connectivity index (χ1v) is 9.36. The van der Waals surface area contributed by atoms with Crippen LogP contribution in [0.5, 0.6) is 0 Å². The Morgan fingerprint density at radius 1 is 1.23 bits per heavy atom. The lowest BCUT2D eigenvalue weighted by molar-refractivity contribution is -0.123. The van der Waals surface area contributed by atoms with E-state index in [0.29, 0.717) is 17.5 Å². The highest BCUT2D eigenvalue weighted by Gasteiger charge is 2.25. The Labute approximate surface area is 156 Å². The molecule has 26 heavy (non-hydrogen) atoms. The van der Waals surface area contributed by atoms with Crippen molar-refractivity contribution in [1.82, 2.24) is 25.2 Å². The molecule has 0 spiro atoms. The van der Waals surface area contributed by atoms with Crippen LogP contribution >= 0.6 is 11.3 Å². The van der Waals surface area contributed by atoms with Gasteiger partial charge in [0, 0.05) is 11.0 Å². The second-order valence-electron chi connectivity index (χ2n) is 6.98. The van der Waals surface area contributed by atoms with Gasteiger partial charge >= 0.3 is 0 Å². The number of hydrogen-bond donors (Lipinski definition) is 1. The summed E-state index contributed by atoms with van der Waals surface area (Å²) in [5.74, 6) is 0.436. The van der Waals surface area contributed by atoms with Gasteiger partial charge in [-0.15, -0.1) is 10.2 Å². The van der Waals surface area contributed by atoms with E-state index in [1.54, 1.807) is 4.80 Å². The number of amides is 1. The van der Waals surface area contributed by atoms with Gasteiger partial charge in [-0.3, -0.25) is 4.79 Å². The van der Waals surface area contributed by atoms with Crippen molar-refractivity contribution < 1.29 is 4.79 Å². The van der Waals surface area contributed by atoms with Gasteiger partial charge in [0.05, 0.1) is 12.2 Å². The van der Waals surface area contributed by atoms with E-state index in [-0.39, 0.29) is 5.91 Å². The third-order valence-electron chi connectivity index (χ3n) is 3.66. The number of benzene rings is 1. The molecular weight excluding hydrogens is 348 g/mol. The van der Waals surface area contributed by atoms with Crippen molar-refractivity contribution in [2.75, 3.05) is 5.32 Å². The predicted octanol–water partition coefficient (Wildman–Crippen LogP) is 3.86. The van der Waals surface area contributed by atoms with E-state index in [1.165, 1.54) is 11.3 Å². The first kappa shape index (κ1) is 18.2. The summed E-state index contributed by atoms with van der Waals surface area (Å²) < 4.78 is 0. The highest BCUT2D eigenvalue weighted by Crippen LogP contribution is 2.37. The third-order valence-corrected chi connectivity index (χ3v) is 4.62. The van der Waals surface area contributed by atoms with Crippen LogP contribution in [0, 0.1) is 5.41 Å². The average molecular weight is 370 g/mol. The maximum absolute atomic E-state index is 12.3. The molecule has 2 aromatic heterocycles. The molecular formula is C18H22N6OS. The molecule has 7 nitrogen and oxygen atoms in total. The Morgan fingerprint density at radius 2 is 1.96 bits per heavy atom. The second kappa shape index (κ2) is 7.33. The minimum atomic E-state index is -0.499. The summed E-state index contributed by atoms with van der Waals surface area (Å²) in [7, 11) is 0. The Balaban J connectivity index is 2.02. The van der Waals surface area contributed by atoms with E-state index in [2.05, 4.69) is 32.6 Å². The van der Waals surface area contributed by atoms with Gasteiger partial charge in [-0.1, -0.05) is 69.4 Å². The van der Waals surface area contributed by atoms with Crippen LogP contribution in [0.4, 0.5) is 5.13 Å². The van der Waals surface area contributed by atoms with Gasteiger partial charge in [-0.25, -0.2) is 4.98 Å². The summed E-state index contributed by atoms with van der Waals surface area (Å²) in [6, 6.07) is 9.81. The molecule has 3 rings (SSSR count). The van der Waals surface area contributed by atoms with Gasteiger partial charge in [0.2, 0.25) is 11.7 Å². The molecule has 1 aromatic carbocycles. The molecule has 0 radical (unpaired) electrons. The molecule has 0 aliphatic heterocycles. The van der Waals surface area contributed by atoms with Crippen molar-refractivity contribution in [1.29, 1.82) is 0 Å². The first-order valence-electron chi connectivity index (χ1n) is 8.54. The van der Waals surface area contributed by atoms with Gasteiger partial charge in [0.15, 0.2) is 5.13 Å². The zero-order valence-electron chi connectivity index (χ0n) is 15.4. The molecule has 0 unspecified atom stereocenters. The summed E-state index contributed by atoms with van der Waals surface area (Å²) in [6.07, 6.45) is 0.928. The Morgan fingerprint density at radius 3 is 2.62 bits per heavy atom. The summed E-state index contributed by atoms with van der Waals surface area (Å²) in [6.45, 7) is 8.37. The maximum atomic E-state index is 12.3. The molecule has 1 N–H and O–H groups in total. The quantitative estimate of drug-likeness (QED) is 0.737. The van der Waals surface area contributed by atoms with E-state index < -0.39 is 5.41 Å². The van der Waals surface area contributed by atoms with Crippen LogP contribution in [-0.4, -0.2) is 31.1 Å². The van der Waals surface area contributed by atoms with E-state index >= 15 is 0 Å². The molecule has 0 fully saturated rings. The number of carbonyl (C=O) groups is 1. The topological polar surface area (TPSA) is 85.6 Å². The maximum Gasteiger partial charge on any atom is 0.231 e. The molecule has 0 saturated carbocycles.